The molecule has 3 aliphatic carbocycles. The summed E-state index contributed by atoms with van der Waals surface area (Å²) in [6, 6.07) is 13.2. The second-order valence-electron chi connectivity index (χ2n) is 18.0. The second-order valence-corrected chi connectivity index (χ2v) is 22.6. The molecule has 0 unspecified atom stereocenters. The quantitative estimate of drug-likeness (QED) is 0.0873. The normalized spacial score (nSPS) is 13.3. The molecule has 0 saturated heterocycles. The molecule has 1 radical (unpaired) electrons. The maximum absolute atomic E-state index is 11.2. The van der Waals surface area contributed by atoms with Gasteiger partial charge >= 0.3 is 76.2 Å². The molecule has 6 heterocycles. The van der Waals surface area contributed by atoms with E-state index in [1.807, 2.05) is 39.8 Å². The largest absolute Gasteiger partial charge is 2.00 e. The van der Waals surface area contributed by atoms with Gasteiger partial charge in [0.2, 0.25) is 21.9 Å². The molecular formula is C56H80CuN14Na2O8S3. The van der Waals surface area contributed by atoms with E-state index in [1.165, 1.54) is 45.5 Å². The van der Waals surface area contributed by atoms with Crippen LogP contribution in [-0.2, 0) is 79.4 Å². The first-order valence-corrected chi connectivity index (χ1v) is 30.6. The van der Waals surface area contributed by atoms with E-state index < -0.39 is 41.0 Å². The van der Waals surface area contributed by atoms with Gasteiger partial charge in [-0.1, -0.05) is 95.2 Å². The number of nitrogens with zero attached hydrogens (tertiary/aromatic N) is 11. The zero-order valence-corrected chi connectivity index (χ0v) is 52.7. The monoisotopic (exact) mass is 1280 g/mol. The minimum absolute atomic E-state index is 0. The molecule has 11 rings (SSSR count). The van der Waals surface area contributed by atoms with Crippen LogP contribution < -0.4 is 84.4 Å². The van der Waals surface area contributed by atoms with E-state index in [4.69, 9.17) is 39.9 Å². The van der Waals surface area contributed by atoms with Gasteiger partial charge in [-0.25, -0.2) is 39.9 Å². The van der Waals surface area contributed by atoms with E-state index in [0.717, 1.165) is 141 Å². The molecule has 4 aromatic heterocycles. The van der Waals surface area contributed by atoms with Gasteiger partial charge in [0, 0.05) is 52.4 Å². The first kappa shape index (κ1) is 79.9. The molecule has 0 saturated carbocycles. The fraction of sp³-hybridized carbons (Fsp3) is 0.482. The summed E-state index contributed by atoms with van der Waals surface area (Å²) >= 11 is 0. The van der Waals surface area contributed by atoms with Gasteiger partial charge in [0.05, 0.1) is 34.4 Å². The molecule has 2 aliphatic heterocycles. The Balaban J connectivity index is 0.00000145. The van der Waals surface area contributed by atoms with Crippen molar-refractivity contribution >= 4 is 81.6 Å². The fourth-order valence-electron chi connectivity index (χ4n) is 9.47. The maximum Gasteiger partial charge on any atom is 2.00 e. The van der Waals surface area contributed by atoms with Crippen molar-refractivity contribution in [2.75, 3.05) is 29.3 Å². The fourth-order valence-corrected chi connectivity index (χ4v) is 10.8. The molecule has 5 aliphatic rings. The van der Waals surface area contributed by atoms with Gasteiger partial charge in [0.25, 0.3) is 0 Å². The SMILES string of the molecule is C.C.C.C.C.CC.CC.CS(=O)(=O)NCCCCc1nc(NCS(=O)(=O)[O-])nc(Nc2cccc(S(=O)(=O)[O-])c2)n1.[Cu+2].[Na+].[Na+].c1ccc2c(c1)-c1nc-2nc2[n-]c(nc3nc(nc4[n-]c(n1)c1c4CCCC1)C1=C3CCCC1)c1c2CCCC1. The Morgan fingerprint density at radius 3 is 1.39 bits per heavy atom. The van der Waals surface area contributed by atoms with E-state index in [1.54, 1.807) is 0 Å². The Hall–Kier alpha value is -4.12. The van der Waals surface area contributed by atoms with Crippen molar-refractivity contribution in [1.29, 1.82) is 0 Å². The van der Waals surface area contributed by atoms with Crippen LogP contribution in [0.25, 0.3) is 56.5 Å². The van der Waals surface area contributed by atoms with Crippen LogP contribution in [0.2, 0.25) is 0 Å². The smallest absolute Gasteiger partial charge is 0.747 e. The average molecular weight is 1280 g/mol. The molecule has 0 spiro atoms. The first-order chi connectivity index (χ1) is 36.5. The van der Waals surface area contributed by atoms with Crippen LogP contribution in [0, 0.1) is 0 Å². The molecule has 28 heteroatoms. The summed E-state index contributed by atoms with van der Waals surface area (Å²) in [4.78, 5) is 52.2. The number of hydrogen-bond acceptors (Lipinski definition) is 19. The number of fused-ring (bicyclic) bond motifs is 19. The van der Waals surface area contributed by atoms with Crippen LogP contribution in [0.5, 0.6) is 0 Å². The summed E-state index contributed by atoms with van der Waals surface area (Å²) in [6.07, 6.45) is 14.9. The molecule has 84 heavy (non-hydrogen) atoms. The third-order valence-corrected chi connectivity index (χ3v) is 14.8. The van der Waals surface area contributed by atoms with Crippen LogP contribution >= 0.6 is 0 Å². The number of allylic oxidation sites excluding steroid dienone is 2. The average Bonchev–Trinajstić information content (AvgIpc) is 3.14. The molecule has 22 nitrogen and oxygen atoms in total. The number of sulfonamides is 1. The van der Waals surface area contributed by atoms with Crippen molar-refractivity contribution < 1.29 is 111 Å². The van der Waals surface area contributed by atoms with Crippen molar-refractivity contribution in [3.8, 4) is 22.8 Å². The predicted octanol–water partition coefficient (Wildman–Crippen LogP) is 4.27. The van der Waals surface area contributed by atoms with Gasteiger partial charge in [-0.05, 0) is 141 Å². The van der Waals surface area contributed by atoms with Gasteiger partial charge in [-0.3, -0.25) is 0 Å². The van der Waals surface area contributed by atoms with Crippen molar-refractivity contribution in [3.63, 3.8) is 0 Å². The van der Waals surface area contributed by atoms with Crippen LogP contribution in [0.4, 0.5) is 17.6 Å². The van der Waals surface area contributed by atoms with Crippen LogP contribution in [-0.4, -0.2) is 97.9 Å². The minimum Gasteiger partial charge on any atom is -0.747 e. The molecule has 3 N–H and O–H groups in total. The van der Waals surface area contributed by atoms with Gasteiger partial charge in [0.15, 0.2) is 0 Å². The molecule has 453 valence electrons. The number of hydrogen-bond donors (Lipinski definition) is 3. The predicted molar refractivity (Wildman–Crippen MR) is 321 cm³/mol. The first-order valence-electron chi connectivity index (χ1n) is 25.7. The van der Waals surface area contributed by atoms with E-state index in [2.05, 4.69) is 42.4 Å². The molecule has 0 amide bonds. The van der Waals surface area contributed by atoms with Gasteiger partial charge < -0.3 is 49.6 Å². The minimum atomic E-state index is -4.69. The molecule has 2 aromatic carbocycles. The van der Waals surface area contributed by atoms with Gasteiger partial charge in [-0.15, -0.1) is 0 Å². The van der Waals surface area contributed by atoms with E-state index in [0.29, 0.717) is 24.5 Å². The third-order valence-electron chi connectivity index (χ3n) is 12.8. The van der Waals surface area contributed by atoms with E-state index >= 15 is 0 Å². The standard InChI is InChI=1S/C32H28N8.C15H22N6O8S3.2C2H6.5CH4.Cu.2Na/c1-2-10-18-17(9-1)25-33-26(18)38-28-21-13-5-6-14-22(21)30(35-28)40-32-24-16-8-7-15-23(24)31(36-32)39-29-20-12-4-3-11-19(20)27(34-29)37-25;1-30(22,23)17-8-3-2-7-13-19-14(16-10-31(24,25)26)21-15(20-13)18-11-5-4-6-12(9-11)32(27,28)29;2*1-2;;;;;;;;/h1-2,9-10H,3-8,11-16H2;4-6,9,17H,2-3,7-8,10H2,1H3,(H,24,25,26)(H,27,28,29)(H2,16,18,19,20,21);2*1-2H3;5*1H4;;;/q-2;;;;;;;;;+2;2*+1/p-2. The van der Waals surface area contributed by atoms with Crippen molar-refractivity contribution in [2.24, 2.45) is 0 Å². The van der Waals surface area contributed by atoms with Crippen molar-refractivity contribution in [3.05, 3.63) is 88.3 Å². The van der Waals surface area contributed by atoms with E-state index in [-0.39, 0.29) is 150 Å². The Bertz CT molecular complexity index is 3570. The topological polar surface area (TPSA) is 329 Å². The number of unbranched alkanes of at least 4 members (excludes halogenated alkanes) is 1. The molecule has 6 aromatic rings. The van der Waals surface area contributed by atoms with Crippen molar-refractivity contribution in [1.82, 2.24) is 59.5 Å². The number of rotatable bonds is 12. The van der Waals surface area contributed by atoms with Crippen LogP contribution in [0.15, 0.2) is 53.4 Å². The summed E-state index contributed by atoms with van der Waals surface area (Å²) in [5, 5.41) is 4.96. The zero-order valence-electron chi connectivity index (χ0n) is 45.4. The number of anilines is 3. The summed E-state index contributed by atoms with van der Waals surface area (Å²) in [5.74, 6) is 1.78. The Kier molecular flexibility index (Phi) is 33.9. The summed E-state index contributed by atoms with van der Waals surface area (Å²) in [5.41, 5.74) is 12.5. The number of benzene rings is 2. The van der Waals surface area contributed by atoms with Crippen LogP contribution in [0.3, 0.4) is 0 Å². The summed E-state index contributed by atoms with van der Waals surface area (Å²) < 4.78 is 90.7. The maximum atomic E-state index is 11.2. The third kappa shape index (κ3) is 20.2. The van der Waals surface area contributed by atoms with Gasteiger partial charge in [0.1, 0.15) is 31.9 Å². The Morgan fingerprint density at radius 1 is 0.524 bits per heavy atom. The zero-order chi connectivity index (χ0) is 54.2. The second kappa shape index (κ2) is 35.6. The summed E-state index contributed by atoms with van der Waals surface area (Å²) in [7, 11) is -12.6. The Labute approximate surface area is 552 Å². The number of aryl methyl sites for hydroxylation is 5. The van der Waals surface area contributed by atoms with E-state index in [9.17, 15) is 34.4 Å². The van der Waals surface area contributed by atoms with Crippen molar-refractivity contribution in [2.45, 2.75) is 166 Å². The number of nitrogens with one attached hydrogen (secondary N) is 3. The molecule has 8 bridgehead atoms. The molecular weight excluding hydrogens is 1200 g/mol. The molecule has 0 atom stereocenters. The Morgan fingerprint density at radius 2 is 0.952 bits per heavy atom. The van der Waals surface area contributed by atoms with Crippen LogP contribution in [0.1, 0.15) is 169 Å². The number of aromatic nitrogens is 11. The summed E-state index contributed by atoms with van der Waals surface area (Å²) in [6.45, 7) is 8.20. The van der Waals surface area contributed by atoms with Gasteiger partial charge in [-0.2, -0.15) is 15.0 Å². The molecule has 0 fully saturated rings.